The lowest BCUT2D eigenvalue weighted by Crippen LogP contribution is -2.57. The molecule has 1 fully saturated rings. The van der Waals surface area contributed by atoms with Crippen LogP contribution in [0.25, 0.3) is 17.3 Å². The largest absolute Gasteiger partial charge is 0.493 e. The first-order valence-electron chi connectivity index (χ1n) is 11.4. The summed E-state index contributed by atoms with van der Waals surface area (Å²) in [6.45, 7) is 7.41. The molecule has 2 aliphatic rings. The molecular weight excluding hydrogens is 473 g/mol. The van der Waals surface area contributed by atoms with Crippen molar-refractivity contribution in [2.24, 2.45) is 0 Å². The van der Waals surface area contributed by atoms with Crippen molar-refractivity contribution in [1.29, 1.82) is 0 Å². The van der Waals surface area contributed by atoms with Crippen molar-refractivity contribution < 1.29 is 22.6 Å². The predicted octanol–water partition coefficient (Wildman–Crippen LogP) is 4.43. The summed E-state index contributed by atoms with van der Waals surface area (Å²) in [5.74, 6) is 0.121. The maximum absolute atomic E-state index is 14.6. The van der Waals surface area contributed by atoms with Crippen molar-refractivity contribution in [3.63, 3.8) is 0 Å². The van der Waals surface area contributed by atoms with E-state index in [4.69, 9.17) is 9.47 Å². The van der Waals surface area contributed by atoms with Gasteiger partial charge in [0.25, 0.3) is 6.43 Å². The first kappa shape index (κ1) is 23.8. The fraction of sp³-hybridized carbons (Fsp3) is 0.360. The fourth-order valence-corrected chi connectivity index (χ4v) is 4.89. The van der Waals surface area contributed by atoms with Gasteiger partial charge in [-0.3, -0.25) is 0 Å². The quantitative estimate of drug-likeness (QED) is 0.535. The number of aromatic nitrogens is 4. The molecular formula is C25H25F3N6O2. The number of fused-ring (bicyclic) bond motifs is 3. The Morgan fingerprint density at radius 2 is 2.03 bits per heavy atom. The van der Waals surface area contributed by atoms with Gasteiger partial charge in [-0.2, -0.15) is 0 Å². The van der Waals surface area contributed by atoms with Crippen LogP contribution in [-0.2, 0) is 0 Å². The van der Waals surface area contributed by atoms with Crippen LogP contribution >= 0.6 is 0 Å². The Morgan fingerprint density at radius 1 is 1.22 bits per heavy atom. The van der Waals surface area contributed by atoms with Crippen LogP contribution in [0.4, 0.5) is 24.7 Å². The van der Waals surface area contributed by atoms with Gasteiger partial charge in [0, 0.05) is 18.5 Å². The average molecular weight is 499 g/mol. The normalized spacial score (nSPS) is 20.5. The van der Waals surface area contributed by atoms with Crippen molar-refractivity contribution in [2.75, 3.05) is 30.4 Å². The summed E-state index contributed by atoms with van der Waals surface area (Å²) in [7, 11) is 1.35. The van der Waals surface area contributed by atoms with E-state index in [1.54, 1.807) is 37.0 Å². The number of aryl methyl sites for hydroxylation is 2. The monoisotopic (exact) mass is 498 g/mol. The van der Waals surface area contributed by atoms with Gasteiger partial charge in [0.05, 0.1) is 36.4 Å². The number of methoxy groups -OCH3 is 1. The Bertz CT molecular complexity index is 1340. The van der Waals surface area contributed by atoms with E-state index in [0.29, 0.717) is 45.7 Å². The number of anilines is 2. The summed E-state index contributed by atoms with van der Waals surface area (Å²) >= 11 is 0. The Labute approximate surface area is 206 Å². The highest BCUT2D eigenvalue weighted by Crippen LogP contribution is 2.46. The Hall–Kier alpha value is -3.89. The molecule has 1 saturated heterocycles. The third-order valence-electron chi connectivity index (χ3n) is 6.69. The van der Waals surface area contributed by atoms with Gasteiger partial charge in [-0.25, -0.2) is 23.1 Å². The van der Waals surface area contributed by atoms with Crippen molar-refractivity contribution in [2.45, 2.75) is 38.3 Å². The molecule has 0 aliphatic carbocycles. The number of nitrogens with one attached hydrogen (secondary N) is 1. The Kier molecular flexibility index (Phi) is 5.93. The smallest absolute Gasteiger partial charge is 0.263 e. The molecule has 1 aromatic carbocycles. The van der Waals surface area contributed by atoms with E-state index in [1.165, 1.54) is 19.2 Å². The third-order valence-corrected chi connectivity index (χ3v) is 6.69. The lowest BCUT2D eigenvalue weighted by molar-refractivity contribution is 0.0527. The molecule has 4 heterocycles. The molecule has 11 heteroatoms. The number of hydrogen-bond donors (Lipinski definition) is 1. The second-order valence-electron chi connectivity index (χ2n) is 8.89. The first-order chi connectivity index (χ1) is 17.3. The van der Waals surface area contributed by atoms with Gasteiger partial charge in [0.1, 0.15) is 17.3 Å². The number of benzene rings is 1. The van der Waals surface area contributed by atoms with Crippen LogP contribution in [0.3, 0.4) is 0 Å². The van der Waals surface area contributed by atoms with Crippen LogP contribution in [0, 0.1) is 19.7 Å². The highest BCUT2D eigenvalue weighted by atomic mass is 19.3. The van der Waals surface area contributed by atoms with Crippen molar-refractivity contribution in [3.8, 4) is 22.9 Å². The molecule has 2 aliphatic heterocycles. The minimum Gasteiger partial charge on any atom is -0.493 e. The van der Waals surface area contributed by atoms with E-state index in [2.05, 4.69) is 32.1 Å². The number of hydrogen-bond acceptors (Lipinski definition) is 8. The molecule has 0 radical (unpaired) electrons. The van der Waals surface area contributed by atoms with E-state index >= 15 is 0 Å². The van der Waals surface area contributed by atoms with Gasteiger partial charge in [0.15, 0.2) is 17.4 Å². The van der Waals surface area contributed by atoms with Crippen molar-refractivity contribution >= 4 is 17.6 Å². The molecule has 1 N–H and O–H groups in total. The second kappa shape index (κ2) is 8.96. The van der Waals surface area contributed by atoms with Crippen LogP contribution in [0.5, 0.6) is 11.6 Å². The SMILES string of the molecule is C=Cc1nc(C)c(O[C@H]2CN3c4cc(-c5cccc(F)c5OC)nnc4NC[C@]3(C(F)F)C2)nc1C. The minimum atomic E-state index is -2.68. The number of alkyl halides is 2. The van der Waals surface area contributed by atoms with Crippen LogP contribution in [0.15, 0.2) is 30.8 Å². The molecule has 36 heavy (non-hydrogen) atoms. The zero-order chi connectivity index (χ0) is 25.6. The Morgan fingerprint density at radius 3 is 2.75 bits per heavy atom. The summed E-state index contributed by atoms with van der Waals surface area (Å²) in [5.41, 5.74) is 1.42. The summed E-state index contributed by atoms with van der Waals surface area (Å²) < 4.78 is 54.9. The zero-order valence-electron chi connectivity index (χ0n) is 20.1. The zero-order valence-corrected chi connectivity index (χ0v) is 20.1. The maximum atomic E-state index is 14.6. The minimum absolute atomic E-state index is 0.00524. The molecule has 5 rings (SSSR count). The summed E-state index contributed by atoms with van der Waals surface area (Å²) in [5, 5.41) is 11.4. The highest BCUT2D eigenvalue weighted by Gasteiger charge is 2.56. The number of ether oxygens (including phenoxy) is 2. The standard InChI is InChI=1S/C25H25F3N6O2/c1-5-18-13(2)31-23(14(3)30-18)36-15-10-25(24(27)28)12-29-22-20(34(25)11-15)9-19(32-33-22)16-7-6-8-17(26)21(16)35-4/h5-9,15,24H,1,10-12H2,2-4H3,(H,29,33)/t15-,25+/m1/s1. The van der Waals surface area contributed by atoms with E-state index in [9.17, 15) is 13.2 Å². The molecule has 2 atom stereocenters. The molecule has 0 bridgehead atoms. The molecule has 3 aromatic rings. The number of nitrogens with zero attached hydrogens (tertiary/aromatic N) is 5. The summed E-state index contributed by atoms with van der Waals surface area (Å²) in [6.07, 6.45) is -1.59. The topological polar surface area (TPSA) is 85.3 Å². The number of para-hydroxylation sites is 1. The van der Waals surface area contributed by atoms with E-state index in [0.717, 1.165) is 0 Å². The number of halogens is 3. The van der Waals surface area contributed by atoms with Crippen LogP contribution in [-0.4, -0.2) is 58.4 Å². The van der Waals surface area contributed by atoms with Crippen LogP contribution in [0.1, 0.15) is 23.5 Å². The summed E-state index contributed by atoms with van der Waals surface area (Å²) in [4.78, 5) is 10.5. The molecule has 8 nitrogen and oxygen atoms in total. The molecule has 0 spiro atoms. The van der Waals surface area contributed by atoms with Crippen molar-refractivity contribution in [1.82, 2.24) is 20.2 Å². The van der Waals surface area contributed by atoms with Crippen molar-refractivity contribution in [3.05, 3.63) is 53.7 Å². The third kappa shape index (κ3) is 3.78. The van der Waals surface area contributed by atoms with Gasteiger partial charge < -0.3 is 19.7 Å². The van der Waals surface area contributed by atoms with Gasteiger partial charge in [0.2, 0.25) is 5.88 Å². The summed E-state index contributed by atoms with van der Waals surface area (Å²) in [6, 6.07) is 6.06. The molecule has 0 unspecified atom stereocenters. The Balaban J connectivity index is 1.52. The average Bonchev–Trinajstić information content (AvgIpc) is 3.25. The maximum Gasteiger partial charge on any atom is 0.263 e. The highest BCUT2D eigenvalue weighted by molar-refractivity contribution is 5.78. The van der Waals surface area contributed by atoms with Gasteiger partial charge in [-0.15, -0.1) is 10.2 Å². The van der Waals surface area contributed by atoms with E-state index in [-0.39, 0.29) is 25.3 Å². The van der Waals surface area contributed by atoms with Crippen LogP contribution < -0.4 is 19.7 Å². The van der Waals surface area contributed by atoms with E-state index in [1.807, 2.05) is 0 Å². The molecule has 0 amide bonds. The van der Waals surface area contributed by atoms with Gasteiger partial charge in [-0.1, -0.05) is 12.6 Å². The first-order valence-corrected chi connectivity index (χ1v) is 11.4. The van der Waals surface area contributed by atoms with Crippen LogP contribution in [0.2, 0.25) is 0 Å². The van der Waals surface area contributed by atoms with E-state index < -0.39 is 23.9 Å². The van der Waals surface area contributed by atoms with Gasteiger partial charge >= 0.3 is 0 Å². The molecule has 2 aromatic heterocycles. The lowest BCUT2D eigenvalue weighted by Gasteiger charge is -2.43. The molecule has 188 valence electrons. The predicted molar refractivity (Wildman–Crippen MR) is 129 cm³/mol. The molecule has 0 saturated carbocycles. The second-order valence-corrected chi connectivity index (χ2v) is 8.89. The number of rotatable bonds is 6. The fourth-order valence-electron chi connectivity index (χ4n) is 4.89. The van der Waals surface area contributed by atoms with Gasteiger partial charge in [-0.05, 0) is 38.1 Å². The lowest BCUT2D eigenvalue weighted by atomic mass is 9.93.